The van der Waals surface area contributed by atoms with Gasteiger partial charge in [0.05, 0.1) is 27.2 Å². The van der Waals surface area contributed by atoms with Crippen molar-refractivity contribution < 1.29 is 14.4 Å². The van der Waals surface area contributed by atoms with Gasteiger partial charge in [-0.15, -0.1) is 0 Å². The van der Waals surface area contributed by atoms with Crippen LogP contribution in [0.15, 0.2) is 36.7 Å². The van der Waals surface area contributed by atoms with Gasteiger partial charge in [-0.2, -0.15) is 0 Å². The van der Waals surface area contributed by atoms with Gasteiger partial charge in [-0.25, -0.2) is 0 Å². The summed E-state index contributed by atoms with van der Waals surface area (Å²) in [6.45, 7) is 1.35. The summed E-state index contributed by atoms with van der Waals surface area (Å²) in [5.41, 5.74) is 1.10. The Morgan fingerprint density at radius 3 is 2.70 bits per heavy atom. The van der Waals surface area contributed by atoms with Crippen molar-refractivity contribution in [2.45, 2.75) is 6.92 Å². The lowest BCUT2D eigenvalue weighted by Gasteiger charge is -2.14. The van der Waals surface area contributed by atoms with Crippen LogP contribution in [0.2, 0.25) is 5.02 Å². The van der Waals surface area contributed by atoms with Crippen LogP contribution in [0.4, 0.5) is 0 Å². The van der Waals surface area contributed by atoms with Gasteiger partial charge >= 0.3 is 0 Å². The summed E-state index contributed by atoms with van der Waals surface area (Å²) in [6, 6.07) is 6.44. The van der Waals surface area contributed by atoms with Crippen molar-refractivity contribution in [1.29, 1.82) is 0 Å². The van der Waals surface area contributed by atoms with E-state index in [9.17, 15) is 14.4 Å². The monoisotopic (exact) mass is 324 g/mol. The van der Waals surface area contributed by atoms with Crippen molar-refractivity contribution in [1.82, 2.24) is 9.38 Å². The van der Waals surface area contributed by atoms with Gasteiger partial charge in [-0.3, -0.25) is 19.4 Å². The standard InChI is InChI=1S/C17H9ClN2O3/c1-8(21)11-12-15(20-7-3-5-10(18)14(11)20)16(22)9-4-2-6-19-13(9)17(12)23/h2-7H,1H3. The number of nitrogens with zero attached hydrogens (tertiary/aromatic N) is 2. The lowest BCUT2D eigenvalue weighted by Crippen LogP contribution is -2.23. The normalized spacial score (nSPS) is 13.1. The first-order valence-electron chi connectivity index (χ1n) is 6.90. The number of carbonyl (C=O) groups is 3. The lowest BCUT2D eigenvalue weighted by atomic mass is 9.89. The van der Waals surface area contributed by atoms with E-state index in [-0.39, 0.29) is 39.6 Å². The topological polar surface area (TPSA) is 68.5 Å². The fourth-order valence-corrected chi connectivity index (χ4v) is 3.33. The van der Waals surface area contributed by atoms with Gasteiger partial charge in [0.25, 0.3) is 0 Å². The molecule has 0 saturated heterocycles. The molecule has 0 bridgehead atoms. The highest BCUT2D eigenvalue weighted by Crippen LogP contribution is 2.35. The molecular formula is C17H9ClN2O3. The number of ketones is 3. The maximum atomic E-state index is 12.8. The van der Waals surface area contributed by atoms with Gasteiger partial charge in [0.15, 0.2) is 5.78 Å². The summed E-state index contributed by atoms with van der Waals surface area (Å²) in [7, 11) is 0. The van der Waals surface area contributed by atoms with Gasteiger partial charge in [-0.05, 0) is 31.2 Å². The summed E-state index contributed by atoms with van der Waals surface area (Å²) in [4.78, 5) is 41.9. The number of hydrogen-bond acceptors (Lipinski definition) is 4. The van der Waals surface area contributed by atoms with Crippen LogP contribution < -0.4 is 0 Å². The number of carbonyl (C=O) groups excluding carboxylic acids is 3. The van der Waals surface area contributed by atoms with E-state index in [1.54, 1.807) is 30.5 Å². The number of Topliss-reactive ketones (excluding diaryl/α,β-unsaturated/α-hetero) is 1. The molecule has 3 aromatic heterocycles. The average molecular weight is 325 g/mol. The van der Waals surface area contributed by atoms with Crippen molar-refractivity contribution in [3.8, 4) is 0 Å². The lowest BCUT2D eigenvalue weighted by molar-refractivity contribution is 0.0964. The second-order valence-electron chi connectivity index (χ2n) is 5.29. The number of rotatable bonds is 1. The Balaban J connectivity index is 2.23. The van der Waals surface area contributed by atoms with Crippen molar-refractivity contribution in [2.24, 2.45) is 0 Å². The molecular weight excluding hydrogens is 316 g/mol. The minimum Gasteiger partial charge on any atom is -0.311 e. The van der Waals surface area contributed by atoms with Crippen LogP contribution in [-0.4, -0.2) is 26.7 Å². The summed E-state index contributed by atoms with van der Waals surface area (Å²) in [5.74, 6) is -1.09. The molecule has 0 spiro atoms. The maximum Gasteiger partial charge on any atom is 0.215 e. The van der Waals surface area contributed by atoms with Crippen LogP contribution in [0.5, 0.6) is 0 Å². The molecule has 0 unspecified atom stereocenters. The van der Waals surface area contributed by atoms with Crippen LogP contribution >= 0.6 is 11.6 Å². The molecule has 0 aliphatic heterocycles. The minimum atomic E-state index is -0.430. The number of halogens is 1. The quantitative estimate of drug-likeness (QED) is 0.505. The van der Waals surface area contributed by atoms with Crippen LogP contribution in [0.25, 0.3) is 5.52 Å². The third kappa shape index (κ3) is 1.68. The third-order valence-corrected chi connectivity index (χ3v) is 4.28. The van der Waals surface area contributed by atoms with E-state index in [0.29, 0.717) is 10.5 Å². The van der Waals surface area contributed by atoms with Crippen molar-refractivity contribution in [3.63, 3.8) is 0 Å². The minimum absolute atomic E-state index is 0.0690. The fourth-order valence-electron chi connectivity index (χ4n) is 3.07. The molecule has 112 valence electrons. The van der Waals surface area contributed by atoms with Crippen molar-refractivity contribution >= 4 is 34.5 Å². The molecule has 0 fully saturated rings. The van der Waals surface area contributed by atoms with E-state index in [1.807, 2.05) is 0 Å². The highest BCUT2D eigenvalue weighted by molar-refractivity contribution is 6.37. The predicted octanol–water partition coefficient (Wildman–Crippen LogP) is 2.97. The summed E-state index contributed by atoms with van der Waals surface area (Å²) < 4.78 is 1.52. The van der Waals surface area contributed by atoms with E-state index >= 15 is 0 Å². The Morgan fingerprint density at radius 1 is 1.17 bits per heavy atom. The average Bonchev–Trinajstić information content (AvgIpc) is 2.90. The van der Waals surface area contributed by atoms with Crippen molar-refractivity contribution in [2.75, 3.05) is 0 Å². The zero-order chi connectivity index (χ0) is 16.3. The molecule has 0 N–H and O–H groups in total. The molecule has 1 aliphatic carbocycles. The van der Waals surface area contributed by atoms with Crippen LogP contribution in [-0.2, 0) is 0 Å². The van der Waals surface area contributed by atoms with Crippen LogP contribution in [0.1, 0.15) is 49.4 Å². The smallest absolute Gasteiger partial charge is 0.215 e. The van der Waals surface area contributed by atoms with Crippen LogP contribution in [0, 0.1) is 0 Å². The second kappa shape index (κ2) is 4.60. The summed E-state index contributed by atoms with van der Waals surface area (Å²) >= 11 is 6.22. The van der Waals surface area contributed by atoms with E-state index in [1.165, 1.54) is 17.5 Å². The number of hydrogen-bond donors (Lipinski definition) is 0. The molecule has 5 nitrogen and oxygen atoms in total. The van der Waals surface area contributed by atoms with Gasteiger partial charge < -0.3 is 4.40 Å². The Labute approximate surface area is 135 Å². The van der Waals surface area contributed by atoms with E-state index in [4.69, 9.17) is 11.6 Å². The summed E-state index contributed by atoms with van der Waals surface area (Å²) in [6.07, 6.45) is 3.07. The Morgan fingerprint density at radius 2 is 1.96 bits per heavy atom. The summed E-state index contributed by atoms with van der Waals surface area (Å²) in [5, 5.41) is 0.310. The molecule has 6 heteroatoms. The predicted molar refractivity (Wildman–Crippen MR) is 83.5 cm³/mol. The second-order valence-corrected chi connectivity index (χ2v) is 5.69. The Bertz CT molecular complexity index is 1050. The molecule has 0 saturated carbocycles. The SMILES string of the molecule is CC(=O)c1c2c(n3cccc(Cl)c13)C(=O)c1cccnc1C2=O. The molecule has 1 aliphatic rings. The zero-order valence-electron chi connectivity index (χ0n) is 12.0. The third-order valence-electron chi connectivity index (χ3n) is 3.97. The Hall–Kier alpha value is -2.79. The first kappa shape index (κ1) is 13.8. The first-order chi connectivity index (χ1) is 11.0. The highest BCUT2D eigenvalue weighted by atomic mass is 35.5. The van der Waals surface area contributed by atoms with Gasteiger partial charge in [0, 0.05) is 12.4 Å². The molecule has 3 aromatic rings. The molecule has 0 amide bonds. The maximum absolute atomic E-state index is 12.8. The van der Waals surface area contributed by atoms with Gasteiger partial charge in [-0.1, -0.05) is 11.6 Å². The van der Waals surface area contributed by atoms with E-state index in [0.717, 1.165) is 0 Å². The van der Waals surface area contributed by atoms with Crippen molar-refractivity contribution in [3.05, 3.63) is 69.8 Å². The molecule has 3 heterocycles. The largest absolute Gasteiger partial charge is 0.311 e. The van der Waals surface area contributed by atoms with Crippen LogP contribution in [0.3, 0.4) is 0 Å². The first-order valence-corrected chi connectivity index (χ1v) is 7.28. The van der Waals surface area contributed by atoms with Gasteiger partial charge in [0.2, 0.25) is 11.6 Å². The molecule has 0 aromatic carbocycles. The molecule has 4 rings (SSSR count). The number of pyridine rings is 2. The molecule has 0 radical (unpaired) electrons. The van der Waals surface area contributed by atoms with E-state index < -0.39 is 5.78 Å². The Kier molecular flexibility index (Phi) is 2.77. The number of aromatic nitrogens is 2. The molecule has 23 heavy (non-hydrogen) atoms. The highest BCUT2D eigenvalue weighted by Gasteiger charge is 2.38. The molecule has 0 atom stereocenters. The van der Waals surface area contributed by atoms with E-state index in [2.05, 4.69) is 4.98 Å². The van der Waals surface area contributed by atoms with Gasteiger partial charge in [0.1, 0.15) is 11.4 Å². The fraction of sp³-hybridized carbons (Fsp3) is 0.0588. The zero-order valence-corrected chi connectivity index (χ0v) is 12.7. The number of fused-ring (bicyclic) bond motifs is 4.